The second-order valence-corrected chi connectivity index (χ2v) is 6.24. The number of nitrogens with one attached hydrogen (secondary N) is 1. The molecule has 1 N–H and O–H groups in total. The molecule has 0 aromatic heterocycles. The van der Waals surface area contributed by atoms with Crippen molar-refractivity contribution in [2.75, 3.05) is 12.0 Å². The van der Waals surface area contributed by atoms with Crippen molar-refractivity contribution in [3.63, 3.8) is 0 Å². The predicted octanol–water partition coefficient (Wildman–Crippen LogP) is 3.15. The summed E-state index contributed by atoms with van der Waals surface area (Å²) in [5, 5.41) is 4.25. The molecule has 1 aromatic carbocycles. The smallest absolute Gasteiger partial charge is 0.0409 e. The van der Waals surface area contributed by atoms with Gasteiger partial charge in [-0.3, -0.25) is 4.21 Å². The molecule has 0 saturated carbocycles. The summed E-state index contributed by atoms with van der Waals surface area (Å²) in [5.74, 6) is 0.678. The highest BCUT2D eigenvalue weighted by molar-refractivity contribution is 7.84. The van der Waals surface area contributed by atoms with Gasteiger partial charge >= 0.3 is 0 Å². The minimum absolute atomic E-state index is 0.241. The van der Waals surface area contributed by atoms with E-state index in [0.717, 1.165) is 11.4 Å². The van der Waals surface area contributed by atoms with Crippen LogP contribution in [0.15, 0.2) is 24.3 Å². The van der Waals surface area contributed by atoms with Crippen LogP contribution in [-0.2, 0) is 10.8 Å². The Balaban J connectivity index is 2.68. The van der Waals surface area contributed by atoms with Crippen LogP contribution in [0.5, 0.6) is 0 Å². The molecule has 1 aromatic rings. The second kappa shape index (κ2) is 7.14. The monoisotopic (exact) mass is 273 g/mol. The van der Waals surface area contributed by atoms with Crippen LogP contribution < -0.4 is 5.32 Å². The van der Waals surface area contributed by atoms with E-state index in [1.165, 1.54) is 5.56 Å². The molecule has 4 heteroatoms. The molecule has 0 amide bonds. The fourth-order valence-corrected chi connectivity index (χ4v) is 2.92. The minimum Gasteiger partial charge on any atom is -0.307 e. The van der Waals surface area contributed by atoms with Crippen LogP contribution in [0.4, 0.5) is 0 Å². The van der Waals surface area contributed by atoms with Crippen LogP contribution in [0.1, 0.15) is 31.9 Å². The fourth-order valence-electron chi connectivity index (χ4n) is 1.92. The zero-order valence-electron chi connectivity index (χ0n) is 10.6. The fraction of sp³-hybridized carbons (Fsp3) is 0.538. The van der Waals surface area contributed by atoms with Crippen molar-refractivity contribution >= 4 is 22.4 Å². The van der Waals surface area contributed by atoms with Gasteiger partial charge in [0.25, 0.3) is 0 Å². The van der Waals surface area contributed by atoms with Crippen LogP contribution in [0, 0.1) is 0 Å². The van der Waals surface area contributed by atoms with Crippen LogP contribution in [0.3, 0.4) is 0 Å². The van der Waals surface area contributed by atoms with Crippen LogP contribution in [0.25, 0.3) is 0 Å². The molecule has 0 aliphatic heterocycles. The zero-order chi connectivity index (χ0) is 12.8. The van der Waals surface area contributed by atoms with Crippen LogP contribution in [0.2, 0.25) is 5.02 Å². The molecule has 0 bridgehead atoms. The molecule has 2 nitrogen and oxygen atoms in total. The van der Waals surface area contributed by atoms with E-state index >= 15 is 0 Å². The topological polar surface area (TPSA) is 29.1 Å². The van der Waals surface area contributed by atoms with E-state index in [1.807, 2.05) is 18.2 Å². The Labute approximate surface area is 111 Å². The molecule has 0 saturated heterocycles. The quantitative estimate of drug-likeness (QED) is 0.863. The van der Waals surface area contributed by atoms with Gasteiger partial charge in [-0.05, 0) is 31.0 Å². The van der Waals surface area contributed by atoms with Gasteiger partial charge in [0, 0.05) is 39.9 Å². The van der Waals surface area contributed by atoms with E-state index in [0.29, 0.717) is 5.75 Å². The third-order valence-electron chi connectivity index (χ3n) is 2.63. The lowest BCUT2D eigenvalue weighted by Crippen LogP contribution is -2.34. The molecule has 0 spiro atoms. The maximum Gasteiger partial charge on any atom is 0.0409 e. The third-order valence-corrected chi connectivity index (χ3v) is 3.83. The van der Waals surface area contributed by atoms with Crippen molar-refractivity contribution in [3.05, 3.63) is 34.9 Å². The molecule has 17 heavy (non-hydrogen) atoms. The molecular weight excluding hydrogens is 254 g/mol. The van der Waals surface area contributed by atoms with E-state index in [4.69, 9.17) is 11.6 Å². The normalized spacial score (nSPS) is 16.5. The van der Waals surface area contributed by atoms with E-state index < -0.39 is 10.8 Å². The Hall–Kier alpha value is -0.380. The van der Waals surface area contributed by atoms with Crippen molar-refractivity contribution in [2.24, 2.45) is 0 Å². The lowest BCUT2D eigenvalue weighted by molar-refractivity contribution is 0.468. The maximum atomic E-state index is 11.2. The Morgan fingerprint density at radius 3 is 2.71 bits per heavy atom. The predicted molar refractivity (Wildman–Crippen MR) is 76.0 cm³/mol. The molecule has 0 aliphatic rings. The molecule has 1 rings (SSSR count). The number of halogens is 1. The van der Waals surface area contributed by atoms with Crippen LogP contribution >= 0.6 is 11.6 Å². The number of hydrogen-bond acceptors (Lipinski definition) is 2. The molecule has 0 fully saturated rings. The highest BCUT2D eigenvalue weighted by Gasteiger charge is 2.13. The molecule has 0 radical (unpaired) electrons. The number of rotatable bonds is 6. The van der Waals surface area contributed by atoms with E-state index in [9.17, 15) is 4.21 Å². The summed E-state index contributed by atoms with van der Waals surface area (Å²) < 4.78 is 11.2. The Bertz CT molecular complexity index is 383. The Kier molecular flexibility index (Phi) is 6.17. The number of hydrogen-bond donors (Lipinski definition) is 1. The second-order valence-electron chi connectivity index (χ2n) is 4.32. The van der Waals surface area contributed by atoms with Gasteiger partial charge in [-0.15, -0.1) is 0 Å². The Morgan fingerprint density at radius 1 is 1.47 bits per heavy atom. The minimum atomic E-state index is -0.763. The molecule has 96 valence electrons. The summed E-state index contributed by atoms with van der Waals surface area (Å²) in [5.41, 5.74) is 1.19. The molecular formula is C13H20ClNOS. The van der Waals surface area contributed by atoms with Gasteiger partial charge in [0.15, 0.2) is 0 Å². The lowest BCUT2D eigenvalue weighted by atomic mass is 10.0. The average molecular weight is 274 g/mol. The van der Waals surface area contributed by atoms with Gasteiger partial charge in [-0.2, -0.15) is 0 Å². The average Bonchev–Trinajstić information content (AvgIpc) is 2.24. The van der Waals surface area contributed by atoms with Crippen molar-refractivity contribution < 1.29 is 4.21 Å². The van der Waals surface area contributed by atoms with Crippen molar-refractivity contribution in [1.82, 2.24) is 5.32 Å². The summed E-state index contributed by atoms with van der Waals surface area (Å²) >= 11 is 5.99. The van der Waals surface area contributed by atoms with Crippen molar-refractivity contribution in [2.45, 2.75) is 32.4 Å². The molecule has 3 atom stereocenters. The Morgan fingerprint density at radius 2 is 2.18 bits per heavy atom. The van der Waals surface area contributed by atoms with Gasteiger partial charge in [0.1, 0.15) is 0 Å². The first-order chi connectivity index (χ1) is 8.02. The first-order valence-corrected chi connectivity index (χ1v) is 7.95. The SMILES string of the molecule is CCC(NC(C)CS(C)=O)c1cccc(Cl)c1. The van der Waals surface area contributed by atoms with E-state index in [-0.39, 0.29) is 12.1 Å². The largest absolute Gasteiger partial charge is 0.307 e. The summed E-state index contributed by atoms with van der Waals surface area (Å²) in [7, 11) is -0.763. The highest BCUT2D eigenvalue weighted by atomic mass is 35.5. The summed E-state index contributed by atoms with van der Waals surface area (Å²) in [6.07, 6.45) is 2.72. The molecule has 3 unspecified atom stereocenters. The molecule has 0 aliphatic carbocycles. The van der Waals surface area contributed by atoms with Crippen LogP contribution in [-0.4, -0.2) is 22.3 Å². The van der Waals surface area contributed by atoms with Gasteiger partial charge in [0.05, 0.1) is 0 Å². The summed E-state index contributed by atoms with van der Waals surface area (Å²) in [6.45, 7) is 4.20. The highest BCUT2D eigenvalue weighted by Crippen LogP contribution is 2.20. The number of benzene rings is 1. The zero-order valence-corrected chi connectivity index (χ0v) is 12.1. The van der Waals surface area contributed by atoms with E-state index in [2.05, 4.69) is 25.2 Å². The standard InChI is InChI=1S/C13H20ClNOS/c1-4-13(15-10(2)9-17(3)16)11-6-5-7-12(14)8-11/h5-8,10,13,15H,4,9H2,1-3H3. The van der Waals surface area contributed by atoms with Gasteiger partial charge in [-0.1, -0.05) is 30.7 Å². The van der Waals surface area contributed by atoms with E-state index in [1.54, 1.807) is 6.26 Å². The van der Waals surface area contributed by atoms with Crippen molar-refractivity contribution in [3.8, 4) is 0 Å². The summed E-state index contributed by atoms with van der Waals surface area (Å²) in [4.78, 5) is 0. The van der Waals surface area contributed by atoms with Gasteiger partial charge < -0.3 is 5.32 Å². The van der Waals surface area contributed by atoms with Gasteiger partial charge in [0.2, 0.25) is 0 Å². The van der Waals surface area contributed by atoms with Gasteiger partial charge in [-0.25, -0.2) is 0 Å². The van der Waals surface area contributed by atoms with Crippen molar-refractivity contribution in [1.29, 1.82) is 0 Å². The molecule has 0 heterocycles. The third kappa shape index (κ3) is 5.19. The lowest BCUT2D eigenvalue weighted by Gasteiger charge is -2.22. The summed E-state index contributed by atoms with van der Waals surface area (Å²) in [6, 6.07) is 8.41. The first kappa shape index (κ1) is 14.7. The first-order valence-electron chi connectivity index (χ1n) is 5.84. The maximum absolute atomic E-state index is 11.2.